The highest BCUT2D eigenvalue weighted by Crippen LogP contribution is 2.19. The highest BCUT2D eigenvalue weighted by molar-refractivity contribution is 5.96. The van der Waals surface area contributed by atoms with Gasteiger partial charge in [0.2, 0.25) is 0 Å². The molecule has 2 atom stereocenters. The average molecular weight is 374 g/mol. The van der Waals surface area contributed by atoms with E-state index in [9.17, 15) is 4.79 Å². The Balaban J connectivity index is 2.68. The molecule has 0 spiro atoms. The quantitative estimate of drug-likeness (QED) is 0.291. The SMILES string of the molecule is CCCCC(CC)CN(CCC(=O)c1ccccc1)CC(CC)CCCC. The number of hydrogen-bond donors (Lipinski definition) is 0. The summed E-state index contributed by atoms with van der Waals surface area (Å²) in [6.45, 7) is 12.4. The standard InChI is InChI=1S/C25H43NO/c1-5-9-14-22(7-3)20-26(21-23(8-4)15-10-6-2)19-18-25(27)24-16-12-11-13-17-24/h11-13,16-17,22-23H,5-10,14-15,18-21H2,1-4H3. The fourth-order valence-electron chi connectivity index (χ4n) is 3.85. The van der Waals surface area contributed by atoms with Crippen molar-refractivity contribution < 1.29 is 4.79 Å². The minimum Gasteiger partial charge on any atom is -0.302 e. The Labute approximate surface area is 168 Å². The van der Waals surface area contributed by atoms with Crippen LogP contribution in [0.15, 0.2) is 30.3 Å². The van der Waals surface area contributed by atoms with Crippen LogP contribution in [-0.2, 0) is 0 Å². The Morgan fingerprint density at radius 1 is 0.852 bits per heavy atom. The van der Waals surface area contributed by atoms with Crippen molar-refractivity contribution in [2.45, 2.75) is 85.5 Å². The van der Waals surface area contributed by atoms with Crippen LogP contribution in [-0.4, -0.2) is 30.3 Å². The number of carbonyl (C=O) groups is 1. The molecule has 1 aromatic carbocycles. The van der Waals surface area contributed by atoms with Gasteiger partial charge in [0.25, 0.3) is 0 Å². The first-order chi connectivity index (χ1) is 13.1. The molecule has 1 aromatic rings. The molecule has 2 nitrogen and oxygen atoms in total. The smallest absolute Gasteiger partial charge is 0.164 e. The maximum atomic E-state index is 12.6. The number of unbranched alkanes of at least 4 members (excludes halogenated alkanes) is 2. The predicted octanol–water partition coefficient (Wildman–Crippen LogP) is 6.99. The van der Waals surface area contributed by atoms with E-state index in [1.807, 2.05) is 30.3 Å². The molecule has 0 aliphatic heterocycles. The summed E-state index contributed by atoms with van der Waals surface area (Å²) in [5, 5.41) is 0. The van der Waals surface area contributed by atoms with E-state index < -0.39 is 0 Å². The molecule has 0 fully saturated rings. The number of Topliss-reactive ketones (excluding diaryl/α,β-unsaturated/α-hetero) is 1. The van der Waals surface area contributed by atoms with Crippen LogP contribution < -0.4 is 0 Å². The number of nitrogens with zero attached hydrogens (tertiary/aromatic N) is 1. The Bertz CT molecular complexity index is 466. The fraction of sp³-hybridized carbons (Fsp3) is 0.720. The second-order valence-corrected chi connectivity index (χ2v) is 8.13. The number of carbonyl (C=O) groups excluding carboxylic acids is 1. The van der Waals surface area contributed by atoms with Gasteiger partial charge in [-0.1, -0.05) is 96.6 Å². The first-order valence-corrected chi connectivity index (χ1v) is 11.4. The normalized spacial score (nSPS) is 13.7. The van der Waals surface area contributed by atoms with Crippen LogP contribution in [0.5, 0.6) is 0 Å². The number of ketones is 1. The van der Waals surface area contributed by atoms with E-state index in [1.54, 1.807) is 0 Å². The molecule has 27 heavy (non-hydrogen) atoms. The van der Waals surface area contributed by atoms with Crippen molar-refractivity contribution in [3.63, 3.8) is 0 Å². The molecule has 0 radical (unpaired) electrons. The second kappa shape index (κ2) is 14.9. The summed E-state index contributed by atoms with van der Waals surface area (Å²) in [6.07, 6.45) is 11.0. The molecule has 2 heteroatoms. The van der Waals surface area contributed by atoms with Crippen LogP contribution in [0.2, 0.25) is 0 Å². The maximum Gasteiger partial charge on any atom is 0.164 e. The Kier molecular flexibility index (Phi) is 13.1. The molecule has 0 heterocycles. The summed E-state index contributed by atoms with van der Waals surface area (Å²) in [5.41, 5.74) is 0.855. The molecule has 0 N–H and O–H groups in total. The first kappa shape index (κ1) is 23.9. The van der Waals surface area contributed by atoms with Gasteiger partial charge in [0, 0.05) is 31.6 Å². The van der Waals surface area contributed by atoms with Crippen LogP contribution in [0.3, 0.4) is 0 Å². The topological polar surface area (TPSA) is 20.3 Å². The lowest BCUT2D eigenvalue weighted by molar-refractivity contribution is 0.0949. The molecule has 154 valence electrons. The predicted molar refractivity (Wildman–Crippen MR) is 118 cm³/mol. The Morgan fingerprint density at radius 2 is 1.37 bits per heavy atom. The lowest BCUT2D eigenvalue weighted by atomic mass is 9.95. The van der Waals surface area contributed by atoms with E-state index in [2.05, 4.69) is 32.6 Å². The zero-order valence-corrected chi connectivity index (χ0v) is 18.4. The number of rotatable bonds is 16. The fourth-order valence-corrected chi connectivity index (χ4v) is 3.85. The average Bonchev–Trinajstić information content (AvgIpc) is 2.72. The van der Waals surface area contributed by atoms with Crippen molar-refractivity contribution in [3.8, 4) is 0 Å². The largest absolute Gasteiger partial charge is 0.302 e. The van der Waals surface area contributed by atoms with E-state index >= 15 is 0 Å². The summed E-state index contributed by atoms with van der Waals surface area (Å²) < 4.78 is 0. The zero-order chi connectivity index (χ0) is 19.9. The van der Waals surface area contributed by atoms with Gasteiger partial charge in [-0.25, -0.2) is 0 Å². The van der Waals surface area contributed by atoms with Gasteiger partial charge in [-0.2, -0.15) is 0 Å². The van der Waals surface area contributed by atoms with Crippen LogP contribution in [0.1, 0.15) is 95.8 Å². The van der Waals surface area contributed by atoms with Gasteiger partial charge in [-0.05, 0) is 24.7 Å². The molecule has 0 aromatic heterocycles. The lowest BCUT2D eigenvalue weighted by Crippen LogP contribution is -2.35. The summed E-state index contributed by atoms with van der Waals surface area (Å²) in [6, 6.07) is 9.78. The van der Waals surface area contributed by atoms with Gasteiger partial charge in [0.1, 0.15) is 0 Å². The van der Waals surface area contributed by atoms with Crippen LogP contribution in [0.4, 0.5) is 0 Å². The minimum atomic E-state index is 0.281. The third-order valence-electron chi connectivity index (χ3n) is 5.87. The summed E-state index contributed by atoms with van der Waals surface area (Å²) in [4.78, 5) is 15.2. The van der Waals surface area contributed by atoms with Crippen molar-refractivity contribution in [2.75, 3.05) is 19.6 Å². The molecule has 0 bridgehead atoms. The Morgan fingerprint density at radius 3 is 1.81 bits per heavy atom. The summed E-state index contributed by atoms with van der Waals surface area (Å²) in [5.74, 6) is 1.81. The summed E-state index contributed by atoms with van der Waals surface area (Å²) >= 11 is 0. The molecule has 0 aliphatic carbocycles. The molecule has 0 aliphatic rings. The lowest BCUT2D eigenvalue weighted by Gasteiger charge is -2.30. The molecule has 0 saturated heterocycles. The molecule has 2 unspecified atom stereocenters. The first-order valence-electron chi connectivity index (χ1n) is 11.4. The van der Waals surface area contributed by atoms with Gasteiger partial charge in [0.05, 0.1) is 0 Å². The number of benzene rings is 1. The van der Waals surface area contributed by atoms with E-state index in [0.717, 1.165) is 37.0 Å². The summed E-state index contributed by atoms with van der Waals surface area (Å²) in [7, 11) is 0. The zero-order valence-electron chi connectivity index (χ0n) is 18.4. The maximum absolute atomic E-state index is 12.6. The molecule has 0 saturated carbocycles. The van der Waals surface area contributed by atoms with E-state index in [4.69, 9.17) is 0 Å². The van der Waals surface area contributed by atoms with Gasteiger partial charge >= 0.3 is 0 Å². The molecule has 1 rings (SSSR count). The van der Waals surface area contributed by atoms with Crippen LogP contribution >= 0.6 is 0 Å². The van der Waals surface area contributed by atoms with Gasteiger partial charge in [0.15, 0.2) is 5.78 Å². The Hall–Kier alpha value is -1.15. The third-order valence-corrected chi connectivity index (χ3v) is 5.87. The third kappa shape index (κ3) is 10.1. The van der Waals surface area contributed by atoms with Crippen molar-refractivity contribution in [3.05, 3.63) is 35.9 Å². The highest BCUT2D eigenvalue weighted by Gasteiger charge is 2.18. The molecular weight excluding hydrogens is 330 g/mol. The van der Waals surface area contributed by atoms with Crippen molar-refractivity contribution >= 4 is 5.78 Å². The molecule has 0 amide bonds. The van der Waals surface area contributed by atoms with Gasteiger partial charge < -0.3 is 4.90 Å². The highest BCUT2D eigenvalue weighted by atomic mass is 16.1. The van der Waals surface area contributed by atoms with E-state index in [-0.39, 0.29) is 5.78 Å². The van der Waals surface area contributed by atoms with Gasteiger partial charge in [-0.15, -0.1) is 0 Å². The van der Waals surface area contributed by atoms with Crippen molar-refractivity contribution in [1.29, 1.82) is 0 Å². The number of hydrogen-bond acceptors (Lipinski definition) is 2. The minimum absolute atomic E-state index is 0.281. The van der Waals surface area contributed by atoms with Crippen molar-refractivity contribution in [2.24, 2.45) is 11.8 Å². The molecular formula is C25H43NO. The van der Waals surface area contributed by atoms with Gasteiger partial charge in [-0.3, -0.25) is 4.79 Å². The van der Waals surface area contributed by atoms with E-state index in [0.29, 0.717) is 6.42 Å². The monoisotopic (exact) mass is 373 g/mol. The van der Waals surface area contributed by atoms with Crippen molar-refractivity contribution in [1.82, 2.24) is 4.90 Å². The second-order valence-electron chi connectivity index (χ2n) is 8.13. The van der Waals surface area contributed by atoms with Crippen LogP contribution in [0.25, 0.3) is 0 Å². The van der Waals surface area contributed by atoms with E-state index in [1.165, 1.54) is 51.4 Å². The van der Waals surface area contributed by atoms with Crippen LogP contribution in [0, 0.1) is 11.8 Å².